The molecule has 1 aromatic heterocycles. The number of hydrogen-bond donors (Lipinski definition) is 0. The second kappa shape index (κ2) is 4.92. The third kappa shape index (κ3) is 2.92. The van der Waals surface area contributed by atoms with Crippen molar-refractivity contribution in [1.82, 2.24) is 14.2 Å². The number of nitro benzene ring substituents is 1. The summed E-state index contributed by atoms with van der Waals surface area (Å²) in [6.45, 7) is 5.60. The minimum atomic E-state index is -3.90. The Kier molecular flexibility index (Phi) is 3.54. The van der Waals surface area contributed by atoms with E-state index in [1.165, 1.54) is 12.1 Å². The fraction of sp³-hybridized carbons (Fsp3) is 0.333. The second-order valence-corrected chi connectivity index (χ2v) is 7.24. The molecule has 9 heteroatoms. The van der Waals surface area contributed by atoms with Crippen LogP contribution < -0.4 is 0 Å². The van der Waals surface area contributed by atoms with Gasteiger partial charge in [-0.1, -0.05) is 20.8 Å². The van der Waals surface area contributed by atoms with Gasteiger partial charge >= 0.3 is 0 Å². The molecule has 0 fully saturated rings. The SMILES string of the molecule is CC(C)(C)c1ncn(S(=O)(=O)c2ccc([N+](=O)[O-])cc2)n1. The summed E-state index contributed by atoms with van der Waals surface area (Å²) in [5.74, 6) is 0.396. The zero-order valence-electron chi connectivity index (χ0n) is 11.7. The van der Waals surface area contributed by atoms with Crippen molar-refractivity contribution >= 4 is 15.7 Å². The van der Waals surface area contributed by atoms with Gasteiger partial charge in [-0.05, 0) is 12.1 Å². The van der Waals surface area contributed by atoms with Crippen LogP contribution in [0, 0.1) is 10.1 Å². The number of aromatic nitrogens is 3. The molecule has 0 atom stereocenters. The van der Waals surface area contributed by atoms with Crippen LogP contribution in [-0.4, -0.2) is 27.5 Å². The van der Waals surface area contributed by atoms with Gasteiger partial charge in [0.15, 0.2) is 5.82 Å². The van der Waals surface area contributed by atoms with Gasteiger partial charge in [0, 0.05) is 17.5 Å². The maximum Gasteiger partial charge on any atom is 0.284 e. The van der Waals surface area contributed by atoms with Crippen LogP contribution in [0.25, 0.3) is 0 Å². The highest BCUT2D eigenvalue weighted by molar-refractivity contribution is 7.89. The normalized spacial score (nSPS) is 12.3. The molecule has 2 rings (SSSR count). The summed E-state index contributed by atoms with van der Waals surface area (Å²) >= 11 is 0. The molecule has 1 aromatic carbocycles. The fourth-order valence-corrected chi connectivity index (χ4v) is 2.61. The molecule has 112 valence electrons. The van der Waals surface area contributed by atoms with Crippen molar-refractivity contribution in [3.05, 3.63) is 46.5 Å². The summed E-state index contributed by atoms with van der Waals surface area (Å²) < 4.78 is 25.5. The van der Waals surface area contributed by atoms with Gasteiger partial charge in [0.05, 0.1) is 9.82 Å². The molecule has 2 aromatic rings. The molecule has 0 radical (unpaired) electrons. The number of hydrogen-bond acceptors (Lipinski definition) is 6. The lowest BCUT2D eigenvalue weighted by atomic mass is 9.96. The van der Waals surface area contributed by atoms with E-state index in [-0.39, 0.29) is 16.0 Å². The van der Waals surface area contributed by atoms with Gasteiger partial charge in [-0.15, -0.1) is 9.19 Å². The van der Waals surface area contributed by atoms with Gasteiger partial charge in [-0.2, -0.15) is 8.42 Å². The highest BCUT2D eigenvalue weighted by Crippen LogP contribution is 2.20. The molecule has 0 unspecified atom stereocenters. The van der Waals surface area contributed by atoms with Gasteiger partial charge in [-0.25, -0.2) is 4.98 Å². The maximum atomic E-state index is 12.3. The zero-order chi connectivity index (χ0) is 15.8. The Bertz CT molecular complexity index is 772. The van der Waals surface area contributed by atoms with E-state index in [1.807, 2.05) is 20.8 Å². The van der Waals surface area contributed by atoms with Crippen LogP contribution in [0.15, 0.2) is 35.5 Å². The monoisotopic (exact) mass is 310 g/mol. The molecular weight excluding hydrogens is 296 g/mol. The summed E-state index contributed by atoms with van der Waals surface area (Å²) in [5.41, 5.74) is -0.557. The molecule has 1 heterocycles. The lowest BCUT2D eigenvalue weighted by Crippen LogP contribution is -2.17. The number of non-ortho nitro benzene ring substituents is 1. The van der Waals surface area contributed by atoms with Gasteiger partial charge in [0.2, 0.25) is 0 Å². The quantitative estimate of drug-likeness (QED) is 0.631. The topological polar surface area (TPSA) is 108 Å². The average molecular weight is 310 g/mol. The van der Waals surface area contributed by atoms with Crippen molar-refractivity contribution in [2.75, 3.05) is 0 Å². The lowest BCUT2D eigenvalue weighted by Gasteiger charge is -2.12. The minimum Gasteiger partial charge on any atom is -0.258 e. The van der Waals surface area contributed by atoms with E-state index in [4.69, 9.17) is 0 Å². The van der Waals surface area contributed by atoms with Crippen molar-refractivity contribution in [2.24, 2.45) is 0 Å². The van der Waals surface area contributed by atoms with E-state index < -0.39 is 14.9 Å². The van der Waals surface area contributed by atoms with Gasteiger partial charge < -0.3 is 0 Å². The molecule has 0 spiro atoms. The third-order valence-electron chi connectivity index (χ3n) is 2.73. The molecule has 0 amide bonds. The Labute approximate surface area is 121 Å². The highest BCUT2D eigenvalue weighted by atomic mass is 32.2. The molecule has 0 aliphatic rings. The molecule has 8 nitrogen and oxygen atoms in total. The Balaban J connectivity index is 2.42. The predicted octanol–water partition coefficient (Wildman–Crippen LogP) is 1.72. The molecule has 0 aliphatic carbocycles. The number of nitrogens with zero attached hydrogens (tertiary/aromatic N) is 4. The molecular formula is C12H14N4O4S. The van der Waals surface area contributed by atoms with E-state index in [2.05, 4.69) is 10.1 Å². The van der Waals surface area contributed by atoms with Gasteiger partial charge in [-0.3, -0.25) is 10.1 Å². The van der Waals surface area contributed by atoms with Crippen LogP contribution in [-0.2, 0) is 15.4 Å². The van der Waals surface area contributed by atoms with Crippen molar-refractivity contribution in [1.29, 1.82) is 0 Å². The van der Waals surface area contributed by atoms with Gasteiger partial charge in [0.25, 0.3) is 15.7 Å². The molecule has 0 saturated heterocycles. The number of rotatable bonds is 3. The predicted molar refractivity (Wildman–Crippen MR) is 74.4 cm³/mol. The standard InChI is InChI=1S/C12H14N4O4S/c1-12(2,3)11-13-8-15(14-11)21(19,20)10-6-4-9(5-7-10)16(17)18/h4-8H,1-3H3. The van der Waals surface area contributed by atoms with E-state index >= 15 is 0 Å². The van der Waals surface area contributed by atoms with Crippen molar-refractivity contribution in [2.45, 2.75) is 31.1 Å². The van der Waals surface area contributed by atoms with Crippen LogP contribution in [0.2, 0.25) is 0 Å². The summed E-state index contributed by atoms with van der Waals surface area (Å²) in [6, 6.07) is 4.61. The van der Waals surface area contributed by atoms with E-state index in [9.17, 15) is 18.5 Å². The summed E-state index contributed by atoms with van der Waals surface area (Å²) in [4.78, 5) is 13.9. The average Bonchev–Trinajstić information content (AvgIpc) is 2.89. The van der Waals surface area contributed by atoms with Gasteiger partial charge in [0.1, 0.15) is 6.33 Å². The van der Waals surface area contributed by atoms with Crippen molar-refractivity contribution in [3.63, 3.8) is 0 Å². The Morgan fingerprint density at radius 1 is 1.19 bits per heavy atom. The molecule has 0 aliphatic heterocycles. The smallest absolute Gasteiger partial charge is 0.258 e. The van der Waals surface area contributed by atoms with Crippen LogP contribution in [0.3, 0.4) is 0 Å². The van der Waals surface area contributed by atoms with Crippen LogP contribution in [0.5, 0.6) is 0 Å². The van der Waals surface area contributed by atoms with Crippen LogP contribution >= 0.6 is 0 Å². The maximum absolute atomic E-state index is 12.3. The first-order chi connectivity index (χ1) is 9.62. The highest BCUT2D eigenvalue weighted by Gasteiger charge is 2.24. The number of benzene rings is 1. The first kappa shape index (κ1) is 15.1. The second-order valence-electron chi connectivity index (χ2n) is 5.45. The zero-order valence-corrected chi connectivity index (χ0v) is 12.5. The third-order valence-corrected chi connectivity index (χ3v) is 4.27. The Hall–Kier alpha value is -2.29. The van der Waals surface area contributed by atoms with E-state index in [0.29, 0.717) is 5.82 Å². The van der Waals surface area contributed by atoms with E-state index in [1.54, 1.807) is 0 Å². The largest absolute Gasteiger partial charge is 0.284 e. The van der Waals surface area contributed by atoms with Crippen LogP contribution in [0.1, 0.15) is 26.6 Å². The first-order valence-corrected chi connectivity index (χ1v) is 7.48. The van der Waals surface area contributed by atoms with Crippen molar-refractivity contribution < 1.29 is 13.3 Å². The Morgan fingerprint density at radius 3 is 2.19 bits per heavy atom. The fourth-order valence-electron chi connectivity index (χ4n) is 1.56. The number of nitro groups is 1. The summed E-state index contributed by atoms with van der Waals surface area (Å²) in [5, 5.41) is 14.5. The summed E-state index contributed by atoms with van der Waals surface area (Å²) in [6.07, 6.45) is 1.12. The summed E-state index contributed by atoms with van der Waals surface area (Å²) in [7, 11) is -3.90. The van der Waals surface area contributed by atoms with Crippen molar-refractivity contribution in [3.8, 4) is 0 Å². The molecule has 0 bridgehead atoms. The molecule has 0 N–H and O–H groups in total. The first-order valence-electron chi connectivity index (χ1n) is 6.04. The minimum absolute atomic E-state index is 0.0848. The van der Waals surface area contributed by atoms with Crippen LogP contribution in [0.4, 0.5) is 5.69 Å². The van der Waals surface area contributed by atoms with E-state index in [0.717, 1.165) is 22.5 Å². The lowest BCUT2D eigenvalue weighted by molar-refractivity contribution is -0.384. The Morgan fingerprint density at radius 2 is 1.76 bits per heavy atom. The molecule has 21 heavy (non-hydrogen) atoms. The molecule has 0 saturated carbocycles.